The van der Waals surface area contributed by atoms with Gasteiger partial charge in [0.1, 0.15) is 5.84 Å². The van der Waals surface area contributed by atoms with Crippen molar-refractivity contribution in [3.8, 4) is 0 Å². The predicted octanol–water partition coefficient (Wildman–Crippen LogP) is 4.38. The molecule has 0 saturated heterocycles. The van der Waals surface area contributed by atoms with Gasteiger partial charge in [-0.25, -0.2) is 0 Å². The first-order valence-corrected chi connectivity index (χ1v) is 14.3. The van der Waals surface area contributed by atoms with Gasteiger partial charge in [-0.05, 0) is 70.1 Å². The molecule has 1 aromatic carbocycles. The quantitative estimate of drug-likeness (QED) is 0.157. The fraction of sp³-hybridized carbons (Fsp3) is 0.733. The first-order valence-electron chi connectivity index (χ1n) is 14.3. The number of hydrogen-bond donors (Lipinski definition) is 3. The standard InChI is InChI=1S/C30H53N5O3/c1-30(2,3)26-11-13-27(14-12-26)35(5)24-29(33-28-10-7-6-9-25(28)23-31)32-15-8-16-34(4)17-19-37-21-22-38-20-18-36/h6-7,9-10,23,26-27,31,36H,8,11-22,24H2,1-5H3,(H,32,33). The lowest BCUT2D eigenvalue weighted by molar-refractivity contribution is 0.0282. The predicted molar refractivity (Wildman–Crippen MR) is 159 cm³/mol. The lowest BCUT2D eigenvalue weighted by Crippen LogP contribution is -2.41. The summed E-state index contributed by atoms with van der Waals surface area (Å²) in [5, 5.41) is 20.0. The Morgan fingerprint density at radius 1 is 1.05 bits per heavy atom. The SMILES string of the molecule is CN(CCCN=C(CN(C)C1CCC(C(C)(C)C)CC1)Nc1ccccc1C=N)CCOCCOCCO. The lowest BCUT2D eigenvalue weighted by atomic mass is 9.71. The molecule has 1 fully saturated rings. The van der Waals surface area contributed by atoms with E-state index in [4.69, 9.17) is 25.0 Å². The van der Waals surface area contributed by atoms with Gasteiger partial charge in [0.15, 0.2) is 0 Å². The summed E-state index contributed by atoms with van der Waals surface area (Å²) in [7, 11) is 4.33. The van der Waals surface area contributed by atoms with Crippen LogP contribution in [0, 0.1) is 16.7 Å². The van der Waals surface area contributed by atoms with Crippen LogP contribution in [0.2, 0.25) is 0 Å². The summed E-state index contributed by atoms with van der Waals surface area (Å²) in [4.78, 5) is 9.72. The maximum absolute atomic E-state index is 8.71. The molecule has 0 radical (unpaired) electrons. The molecule has 0 aromatic heterocycles. The number of nitrogens with zero attached hydrogens (tertiary/aromatic N) is 3. The van der Waals surface area contributed by atoms with Crippen LogP contribution in [0.3, 0.4) is 0 Å². The van der Waals surface area contributed by atoms with E-state index in [1.54, 1.807) is 0 Å². The summed E-state index contributed by atoms with van der Waals surface area (Å²) >= 11 is 0. The lowest BCUT2D eigenvalue weighted by Gasteiger charge is -2.40. The van der Waals surface area contributed by atoms with Crippen LogP contribution in [-0.4, -0.2) is 106 Å². The first kappa shape index (κ1) is 32.4. The van der Waals surface area contributed by atoms with Crippen LogP contribution in [0.4, 0.5) is 5.69 Å². The van der Waals surface area contributed by atoms with Crippen LogP contribution in [0.25, 0.3) is 0 Å². The fourth-order valence-electron chi connectivity index (χ4n) is 5.04. The van der Waals surface area contributed by atoms with Crippen molar-refractivity contribution in [3.63, 3.8) is 0 Å². The molecule has 0 amide bonds. The number of ether oxygens (including phenoxy) is 2. The summed E-state index contributed by atoms with van der Waals surface area (Å²) < 4.78 is 10.8. The summed E-state index contributed by atoms with van der Waals surface area (Å²) in [6.07, 6.45) is 7.43. The Labute approximate surface area is 231 Å². The number of aliphatic imine (C=N–C) groups is 1. The number of benzene rings is 1. The molecule has 1 saturated carbocycles. The van der Waals surface area contributed by atoms with Gasteiger partial charge >= 0.3 is 0 Å². The minimum Gasteiger partial charge on any atom is -0.394 e. The number of likely N-dealkylation sites (N-methyl/N-ethyl adjacent to an activating group) is 2. The normalized spacial score (nSPS) is 18.8. The minimum atomic E-state index is 0.0480. The number of aliphatic hydroxyl groups excluding tert-OH is 1. The average molecular weight is 532 g/mol. The molecule has 0 atom stereocenters. The first-order chi connectivity index (χ1) is 18.2. The zero-order valence-corrected chi connectivity index (χ0v) is 24.5. The van der Waals surface area contributed by atoms with Crippen molar-refractivity contribution in [2.45, 2.75) is 58.9 Å². The number of amidine groups is 1. The van der Waals surface area contributed by atoms with E-state index in [1.165, 1.54) is 31.9 Å². The van der Waals surface area contributed by atoms with Crippen LogP contribution in [0.15, 0.2) is 29.3 Å². The Kier molecular flexibility index (Phi) is 15.1. The van der Waals surface area contributed by atoms with Gasteiger partial charge in [0.2, 0.25) is 0 Å². The number of para-hydroxylation sites is 1. The van der Waals surface area contributed by atoms with E-state index < -0.39 is 0 Å². The number of rotatable bonds is 17. The Balaban J connectivity index is 1.86. The van der Waals surface area contributed by atoms with Crippen molar-refractivity contribution < 1.29 is 14.6 Å². The van der Waals surface area contributed by atoms with Crippen molar-refractivity contribution in [2.75, 3.05) is 78.6 Å². The molecule has 2 rings (SSSR count). The smallest absolute Gasteiger partial charge is 0.115 e. The van der Waals surface area contributed by atoms with Crippen LogP contribution < -0.4 is 5.32 Å². The highest BCUT2D eigenvalue weighted by molar-refractivity contribution is 6.00. The molecule has 0 aliphatic heterocycles. The molecule has 8 heteroatoms. The molecule has 0 bridgehead atoms. The topological polar surface area (TPSA) is 93.4 Å². The van der Waals surface area contributed by atoms with Crippen LogP contribution in [0.1, 0.15) is 58.4 Å². The third-order valence-electron chi connectivity index (χ3n) is 7.56. The van der Waals surface area contributed by atoms with Gasteiger partial charge in [-0.2, -0.15) is 0 Å². The summed E-state index contributed by atoms with van der Waals surface area (Å²) in [6.45, 7) is 12.6. The summed E-state index contributed by atoms with van der Waals surface area (Å²) in [6, 6.07) is 8.52. The third-order valence-corrected chi connectivity index (χ3v) is 7.56. The largest absolute Gasteiger partial charge is 0.394 e. The highest BCUT2D eigenvalue weighted by Gasteiger charge is 2.31. The van der Waals surface area contributed by atoms with E-state index in [-0.39, 0.29) is 6.61 Å². The van der Waals surface area contributed by atoms with Gasteiger partial charge in [-0.1, -0.05) is 39.0 Å². The number of anilines is 1. The minimum absolute atomic E-state index is 0.0480. The monoisotopic (exact) mass is 531 g/mol. The fourth-order valence-corrected chi connectivity index (χ4v) is 5.04. The molecular weight excluding hydrogens is 478 g/mol. The van der Waals surface area contributed by atoms with Crippen molar-refractivity contribution >= 4 is 17.7 Å². The third kappa shape index (κ3) is 12.3. The van der Waals surface area contributed by atoms with E-state index in [9.17, 15) is 0 Å². The Morgan fingerprint density at radius 3 is 2.39 bits per heavy atom. The number of nitrogens with one attached hydrogen (secondary N) is 2. The van der Waals surface area contributed by atoms with E-state index >= 15 is 0 Å². The number of hydrogen-bond acceptors (Lipinski definition) is 7. The van der Waals surface area contributed by atoms with E-state index in [0.29, 0.717) is 37.9 Å². The van der Waals surface area contributed by atoms with Gasteiger partial charge in [-0.3, -0.25) is 9.89 Å². The molecule has 0 spiro atoms. The van der Waals surface area contributed by atoms with Crippen molar-refractivity contribution in [2.24, 2.45) is 16.3 Å². The molecule has 38 heavy (non-hydrogen) atoms. The molecular formula is C30H53N5O3. The van der Waals surface area contributed by atoms with E-state index in [2.05, 4.69) is 50.0 Å². The molecule has 1 aliphatic carbocycles. The number of aliphatic hydroxyl groups is 1. The molecule has 1 aliphatic rings. The van der Waals surface area contributed by atoms with Crippen LogP contribution >= 0.6 is 0 Å². The van der Waals surface area contributed by atoms with Crippen molar-refractivity contribution in [3.05, 3.63) is 29.8 Å². The van der Waals surface area contributed by atoms with Crippen LogP contribution in [-0.2, 0) is 9.47 Å². The Hall–Kier alpha value is -1.84. The van der Waals surface area contributed by atoms with Gasteiger partial charge in [-0.15, -0.1) is 0 Å². The second-order valence-corrected chi connectivity index (χ2v) is 11.6. The molecule has 216 valence electrons. The van der Waals surface area contributed by atoms with Gasteiger partial charge in [0, 0.05) is 36.6 Å². The molecule has 3 N–H and O–H groups in total. The highest BCUT2D eigenvalue weighted by Crippen LogP contribution is 2.38. The summed E-state index contributed by atoms with van der Waals surface area (Å²) in [5.41, 5.74) is 2.20. The van der Waals surface area contributed by atoms with Gasteiger partial charge in [0.25, 0.3) is 0 Å². The van der Waals surface area contributed by atoms with Crippen molar-refractivity contribution in [1.82, 2.24) is 9.80 Å². The zero-order valence-electron chi connectivity index (χ0n) is 24.5. The van der Waals surface area contributed by atoms with Crippen molar-refractivity contribution in [1.29, 1.82) is 5.41 Å². The highest BCUT2D eigenvalue weighted by atomic mass is 16.5. The maximum atomic E-state index is 8.71. The molecule has 8 nitrogen and oxygen atoms in total. The Morgan fingerprint density at radius 2 is 1.74 bits per heavy atom. The molecule has 0 heterocycles. The van der Waals surface area contributed by atoms with E-state index in [1.807, 2.05) is 24.3 Å². The molecule has 1 aromatic rings. The average Bonchev–Trinajstić information content (AvgIpc) is 2.90. The second kappa shape index (κ2) is 17.7. The van der Waals surface area contributed by atoms with Crippen LogP contribution in [0.5, 0.6) is 0 Å². The van der Waals surface area contributed by atoms with Gasteiger partial charge in [0.05, 0.1) is 39.6 Å². The zero-order chi connectivity index (χ0) is 27.8. The Bertz CT molecular complexity index is 818. The van der Waals surface area contributed by atoms with E-state index in [0.717, 1.165) is 55.6 Å². The van der Waals surface area contributed by atoms with Gasteiger partial charge < -0.3 is 30.2 Å². The molecule has 0 unspecified atom stereocenters. The summed E-state index contributed by atoms with van der Waals surface area (Å²) in [5.74, 6) is 1.77. The maximum Gasteiger partial charge on any atom is 0.115 e. The second-order valence-electron chi connectivity index (χ2n) is 11.6.